The lowest BCUT2D eigenvalue weighted by atomic mass is 10.0. The standard InChI is InChI=1S/C38H64N4O6/c1-3-5-7-9-11-12-13-14-15-16-17-18-20-21-23-25-33(43)46-28-31-27-32(48-34(44)26-24-22-19-10-8-6-4-2)38(47-31)42-30-41-35-36(42)39-29-40-37(35)45/h29-32,38H,3-28H2,1-2H3,(H,39,40,45)/t31-,32?,38+/m0/s1. The van der Waals surface area contributed by atoms with Crippen LogP contribution in [0.15, 0.2) is 12.7 Å². The molecule has 0 aromatic carbocycles. The zero-order valence-electron chi connectivity index (χ0n) is 30.0. The van der Waals surface area contributed by atoms with Gasteiger partial charge in [-0.3, -0.25) is 14.2 Å². The van der Waals surface area contributed by atoms with E-state index in [0.717, 1.165) is 38.5 Å². The zero-order chi connectivity index (χ0) is 34.2. The number of hydrogen-bond donors (Lipinski definition) is 1. The van der Waals surface area contributed by atoms with Crippen molar-refractivity contribution in [2.45, 2.75) is 193 Å². The fourth-order valence-corrected chi connectivity index (χ4v) is 6.55. The van der Waals surface area contributed by atoms with E-state index in [1.807, 2.05) is 0 Å². The number of aromatic nitrogens is 4. The number of carbonyl (C=O) groups is 2. The topological polar surface area (TPSA) is 126 Å². The van der Waals surface area contributed by atoms with Crippen LogP contribution in [0, 0.1) is 0 Å². The van der Waals surface area contributed by atoms with E-state index in [2.05, 4.69) is 28.8 Å². The van der Waals surface area contributed by atoms with Crippen molar-refractivity contribution in [1.82, 2.24) is 19.5 Å². The van der Waals surface area contributed by atoms with Crippen molar-refractivity contribution in [3.63, 3.8) is 0 Å². The highest BCUT2D eigenvalue weighted by Gasteiger charge is 2.40. The van der Waals surface area contributed by atoms with E-state index in [9.17, 15) is 14.7 Å². The summed E-state index contributed by atoms with van der Waals surface area (Å²) in [6, 6.07) is 0. The quantitative estimate of drug-likeness (QED) is 0.0694. The molecule has 0 radical (unpaired) electrons. The average molecular weight is 673 g/mol. The number of aromatic hydroxyl groups is 1. The summed E-state index contributed by atoms with van der Waals surface area (Å²) in [4.78, 5) is 37.6. The Labute approximate surface area is 289 Å². The van der Waals surface area contributed by atoms with Crippen LogP contribution in [-0.2, 0) is 23.8 Å². The highest BCUT2D eigenvalue weighted by atomic mass is 16.6. The van der Waals surface area contributed by atoms with Crippen LogP contribution in [0.2, 0.25) is 0 Å². The molecule has 1 fully saturated rings. The smallest absolute Gasteiger partial charge is 0.306 e. The molecule has 3 atom stereocenters. The summed E-state index contributed by atoms with van der Waals surface area (Å²) in [5, 5.41) is 10.1. The normalized spacial score (nSPS) is 17.7. The van der Waals surface area contributed by atoms with Crippen molar-refractivity contribution in [1.29, 1.82) is 0 Å². The van der Waals surface area contributed by atoms with Gasteiger partial charge in [-0.25, -0.2) is 9.97 Å². The maximum absolute atomic E-state index is 12.8. The van der Waals surface area contributed by atoms with E-state index >= 15 is 0 Å². The van der Waals surface area contributed by atoms with Gasteiger partial charge in [0, 0.05) is 19.3 Å². The second-order valence-corrected chi connectivity index (χ2v) is 13.7. The second-order valence-electron chi connectivity index (χ2n) is 13.7. The van der Waals surface area contributed by atoms with E-state index in [4.69, 9.17) is 14.2 Å². The fraction of sp³-hybridized carbons (Fsp3) is 0.816. The molecule has 0 spiro atoms. The first kappa shape index (κ1) is 39.7. The van der Waals surface area contributed by atoms with Crippen LogP contribution in [0.25, 0.3) is 11.2 Å². The summed E-state index contributed by atoms with van der Waals surface area (Å²) in [7, 11) is 0. The number of esters is 2. The Morgan fingerprint density at radius 1 is 0.729 bits per heavy atom. The van der Waals surface area contributed by atoms with Crippen LogP contribution in [0.5, 0.6) is 5.88 Å². The van der Waals surface area contributed by atoms with Gasteiger partial charge in [-0.2, -0.15) is 4.98 Å². The summed E-state index contributed by atoms with van der Waals surface area (Å²) in [6.45, 7) is 4.56. The molecule has 2 aromatic heterocycles. The lowest BCUT2D eigenvalue weighted by molar-refractivity contribution is -0.155. The minimum absolute atomic E-state index is 0.0900. The van der Waals surface area contributed by atoms with Gasteiger partial charge < -0.3 is 19.3 Å². The summed E-state index contributed by atoms with van der Waals surface area (Å²) in [6.07, 6.45) is 29.2. The molecule has 2 aromatic rings. The van der Waals surface area contributed by atoms with Gasteiger partial charge in [0.25, 0.3) is 0 Å². The molecule has 1 unspecified atom stereocenters. The largest absolute Gasteiger partial charge is 0.492 e. The molecule has 1 saturated heterocycles. The molecule has 272 valence electrons. The molecule has 48 heavy (non-hydrogen) atoms. The Morgan fingerprint density at radius 2 is 1.23 bits per heavy atom. The van der Waals surface area contributed by atoms with Crippen molar-refractivity contribution >= 4 is 23.1 Å². The third-order valence-electron chi connectivity index (χ3n) is 9.44. The third-order valence-corrected chi connectivity index (χ3v) is 9.44. The number of imidazole rings is 1. The van der Waals surface area contributed by atoms with Gasteiger partial charge in [0.15, 0.2) is 17.4 Å². The van der Waals surface area contributed by atoms with E-state index in [1.165, 1.54) is 115 Å². The summed E-state index contributed by atoms with van der Waals surface area (Å²) >= 11 is 0. The number of ether oxygens (including phenoxy) is 3. The van der Waals surface area contributed by atoms with E-state index < -0.39 is 18.4 Å². The Hall–Kier alpha value is -2.75. The molecule has 0 amide bonds. The number of fused-ring (bicyclic) bond motifs is 1. The number of unbranched alkanes of at least 4 members (excludes halogenated alkanes) is 20. The lowest BCUT2D eigenvalue weighted by Crippen LogP contribution is -2.25. The zero-order valence-corrected chi connectivity index (χ0v) is 30.0. The highest BCUT2D eigenvalue weighted by molar-refractivity contribution is 5.75. The third kappa shape index (κ3) is 15.2. The predicted octanol–water partition coefficient (Wildman–Crippen LogP) is 9.68. The minimum Gasteiger partial charge on any atom is -0.492 e. The van der Waals surface area contributed by atoms with Crippen molar-refractivity contribution < 1.29 is 28.9 Å². The fourth-order valence-electron chi connectivity index (χ4n) is 6.55. The highest BCUT2D eigenvalue weighted by Crippen LogP contribution is 2.34. The molecule has 1 aliphatic rings. The minimum atomic E-state index is -0.707. The van der Waals surface area contributed by atoms with Crippen molar-refractivity contribution in [2.24, 2.45) is 0 Å². The second kappa shape index (κ2) is 24.4. The summed E-state index contributed by atoms with van der Waals surface area (Å²) in [5.41, 5.74) is 0.624. The molecule has 1 aliphatic heterocycles. The Balaban J connectivity index is 1.33. The predicted molar refractivity (Wildman–Crippen MR) is 189 cm³/mol. The molecular weight excluding hydrogens is 608 g/mol. The molecular formula is C38H64N4O6. The van der Waals surface area contributed by atoms with E-state index in [0.29, 0.717) is 24.9 Å². The number of carbonyl (C=O) groups excluding carboxylic acids is 2. The molecule has 0 saturated carbocycles. The molecule has 10 heteroatoms. The number of rotatable bonds is 28. The van der Waals surface area contributed by atoms with E-state index in [-0.39, 0.29) is 29.9 Å². The van der Waals surface area contributed by atoms with Gasteiger partial charge in [-0.05, 0) is 12.8 Å². The maximum Gasteiger partial charge on any atom is 0.306 e. The molecule has 0 bridgehead atoms. The van der Waals surface area contributed by atoms with Gasteiger partial charge in [-0.15, -0.1) is 0 Å². The van der Waals surface area contributed by atoms with Crippen LogP contribution in [0.1, 0.15) is 181 Å². The monoisotopic (exact) mass is 672 g/mol. The van der Waals surface area contributed by atoms with Crippen LogP contribution in [0.3, 0.4) is 0 Å². The van der Waals surface area contributed by atoms with Crippen molar-refractivity contribution in [3.05, 3.63) is 12.7 Å². The van der Waals surface area contributed by atoms with Crippen molar-refractivity contribution in [2.75, 3.05) is 6.61 Å². The lowest BCUT2D eigenvalue weighted by Gasteiger charge is -2.20. The first-order valence-electron chi connectivity index (χ1n) is 19.4. The van der Waals surface area contributed by atoms with Gasteiger partial charge in [0.1, 0.15) is 19.0 Å². The molecule has 1 N–H and O–H groups in total. The summed E-state index contributed by atoms with van der Waals surface area (Å²) in [5.74, 6) is -0.724. The van der Waals surface area contributed by atoms with Crippen LogP contribution in [-0.4, -0.2) is 55.4 Å². The van der Waals surface area contributed by atoms with Gasteiger partial charge in [-0.1, -0.05) is 142 Å². The van der Waals surface area contributed by atoms with Gasteiger partial charge in [0.2, 0.25) is 5.88 Å². The van der Waals surface area contributed by atoms with Gasteiger partial charge in [0.05, 0.1) is 12.4 Å². The Bertz CT molecular complexity index is 1160. The van der Waals surface area contributed by atoms with E-state index in [1.54, 1.807) is 4.57 Å². The van der Waals surface area contributed by atoms with Crippen LogP contribution >= 0.6 is 0 Å². The molecule has 0 aliphatic carbocycles. The first-order chi connectivity index (χ1) is 23.5. The summed E-state index contributed by atoms with van der Waals surface area (Å²) < 4.78 is 19.4. The van der Waals surface area contributed by atoms with Crippen LogP contribution in [0.4, 0.5) is 0 Å². The first-order valence-corrected chi connectivity index (χ1v) is 19.4. The molecule has 3 rings (SSSR count). The van der Waals surface area contributed by atoms with Crippen molar-refractivity contribution in [3.8, 4) is 5.88 Å². The number of nitrogens with zero attached hydrogens (tertiary/aromatic N) is 4. The molecule has 3 heterocycles. The van der Waals surface area contributed by atoms with Crippen LogP contribution < -0.4 is 0 Å². The SMILES string of the molecule is CCCCCCCCCCCCCCCCCC(=O)OC[C@@H]1CC(OC(=O)CCCCCCCCC)[C@H](n2cnc3c(O)ncnc32)O1. The average Bonchev–Trinajstić information content (AvgIpc) is 3.69. The van der Waals surface area contributed by atoms with Gasteiger partial charge >= 0.3 is 11.9 Å². The molecule has 10 nitrogen and oxygen atoms in total. The number of hydrogen-bond acceptors (Lipinski definition) is 9. The Morgan fingerprint density at radius 3 is 1.77 bits per heavy atom. The maximum atomic E-state index is 12.8. The Kier molecular flexibility index (Phi) is 20.2.